The SMILES string of the molecule is CN(C(=O)Oc1ccc(C(F)(F)F)cc1)c1ccc2[nH]c(=S)sc2n1. The minimum atomic E-state index is -4.44. The van der Waals surface area contributed by atoms with Crippen LogP contribution in [0.4, 0.5) is 23.8 Å². The highest BCUT2D eigenvalue weighted by Crippen LogP contribution is 2.30. The molecule has 0 atom stereocenters. The lowest BCUT2D eigenvalue weighted by molar-refractivity contribution is -0.137. The summed E-state index contributed by atoms with van der Waals surface area (Å²) < 4.78 is 43.2. The van der Waals surface area contributed by atoms with Gasteiger partial charge in [-0.1, -0.05) is 11.3 Å². The summed E-state index contributed by atoms with van der Waals surface area (Å²) in [6, 6.07) is 7.20. The molecular weight excluding hydrogens is 375 g/mol. The Hall–Kier alpha value is -2.46. The summed E-state index contributed by atoms with van der Waals surface area (Å²) in [6.07, 6.45) is -5.22. The first-order valence-corrected chi connectivity index (χ1v) is 8.09. The maximum absolute atomic E-state index is 12.5. The molecule has 25 heavy (non-hydrogen) atoms. The molecular formula is C15H10F3N3O2S2. The van der Waals surface area contributed by atoms with Crippen molar-refractivity contribution in [1.29, 1.82) is 0 Å². The fourth-order valence-electron chi connectivity index (χ4n) is 1.99. The van der Waals surface area contributed by atoms with Crippen LogP contribution in [0, 0.1) is 3.95 Å². The van der Waals surface area contributed by atoms with Crippen molar-refractivity contribution in [3.05, 3.63) is 45.9 Å². The van der Waals surface area contributed by atoms with Crippen molar-refractivity contribution >= 4 is 45.8 Å². The number of aromatic nitrogens is 2. The Morgan fingerprint density at radius 2 is 1.92 bits per heavy atom. The highest BCUT2D eigenvalue weighted by Gasteiger charge is 2.30. The predicted octanol–water partition coefficient (Wildman–Crippen LogP) is 5.01. The summed E-state index contributed by atoms with van der Waals surface area (Å²) in [5.41, 5.74) is -0.0651. The number of carbonyl (C=O) groups excluding carboxylic acids is 1. The second-order valence-electron chi connectivity index (χ2n) is 4.99. The maximum atomic E-state index is 12.5. The first-order chi connectivity index (χ1) is 11.7. The molecule has 0 saturated carbocycles. The molecule has 130 valence electrons. The summed E-state index contributed by atoms with van der Waals surface area (Å²) >= 11 is 6.30. The number of nitrogens with one attached hydrogen (secondary N) is 1. The molecule has 10 heteroatoms. The highest BCUT2D eigenvalue weighted by molar-refractivity contribution is 7.73. The normalized spacial score (nSPS) is 11.5. The number of hydrogen-bond acceptors (Lipinski definition) is 5. The van der Waals surface area contributed by atoms with Crippen molar-refractivity contribution in [3.8, 4) is 5.75 Å². The number of rotatable bonds is 2. The summed E-state index contributed by atoms with van der Waals surface area (Å²) in [5.74, 6) is 0.331. The summed E-state index contributed by atoms with van der Waals surface area (Å²) in [7, 11) is 1.45. The number of benzene rings is 1. The van der Waals surface area contributed by atoms with E-state index in [0.717, 1.165) is 34.7 Å². The Morgan fingerprint density at radius 1 is 1.24 bits per heavy atom. The molecule has 1 amide bonds. The summed E-state index contributed by atoms with van der Waals surface area (Å²) in [4.78, 5) is 21.2. The first kappa shape index (κ1) is 17.4. The van der Waals surface area contributed by atoms with Crippen LogP contribution in [0.3, 0.4) is 0 Å². The summed E-state index contributed by atoms with van der Waals surface area (Å²) in [5, 5.41) is 0. The third-order valence-corrected chi connectivity index (χ3v) is 4.42. The third kappa shape index (κ3) is 3.80. The standard InChI is InChI=1S/C15H10F3N3O2S2/c1-21(11-7-6-10-12(20-11)25-13(24)19-10)14(22)23-9-4-2-8(3-5-9)15(16,17)18/h2-7H,1H3,(H,19,24). The first-order valence-electron chi connectivity index (χ1n) is 6.87. The van der Waals surface area contributed by atoms with Crippen LogP contribution >= 0.6 is 23.6 Å². The topological polar surface area (TPSA) is 58.2 Å². The number of nitrogens with zero attached hydrogens (tertiary/aromatic N) is 2. The third-order valence-electron chi connectivity index (χ3n) is 3.28. The van der Waals surface area contributed by atoms with Gasteiger partial charge in [-0.15, -0.1) is 0 Å². The number of anilines is 1. The zero-order valence-corrected chi connectivity index (χ0v) is 14.3. The zero-order chi connectivity index (χ0) is 18.2. The van der Waals surface area contributed by atoms with E-state index in [1.807, 2.05) is 0 Å². The number of pyridine rings is 1. The molecule has 0 fully saturated rings. The van der Waals surface area contributed by atoms with E-state index in [1.54, 1.807) is 12.1 Å². The van der Waals surface area contributed by atoms with E-state index in [2.05, 4.69) is 9.97 Å². The van der Waals surface area contributed by atoms with E-state index in [1.165, 1.54) is 18.4 Å². The smallest absolute Gasteiger partial charge is 0.410 e. The van der Waals surface area contributed by atoms with Gasteiger partial charge in [-0.25, -0.2) is 9.78 Å². The van der Waals surface area contributed by atoms with Gasteiger partial charge in [-0.05, 0) is 48.6 Å². The number of hydrogen-bond donors (Lipinski definition) is 1. The quantitative estimate of drug-likeness (QED) is 0.630. The largest absolute Gasteiger partial charge is 0.420 e. The molecule has 0 aliphatic heterocycles. The van der Waals surface area contributed by atoms with Crippen LogP contribution in [0.15, 0.2) is 36.4 Å². The minimum absolute atomic E-state index is 0.00299. The van der Waals surface area contributed by atoms with Gasteiger partial charge in [-0.2, -0.15) is 13.2 Å². The number of ether oxygens (including phenoxy) is 1. The molecule has 3 rings (SSSR count). The average Bonchev–Trinajstić information content (AvgIpc) is 2.92. The Bertz CT molecular complexity index is 980. The van der Waals surface area contributed by atoms with Gasteiger partial charge >= 0.3 is 12.3 Å². The molecule has 0 spiro atoms. The van der Waals surface area contributed by atoms with Crippen LogP contribution in [0.25, 0.3) is 10.3 Å². The van der Waals surface area contributed by atoms with Gasteiger partial charge in [0.2, 0.25) is 0 Å². The van der Waals surface area contributed by atoms with E-state index in [0.29, 0.717) is 14.6 Å². The van der Waals surface area contributed by atoms with Crippen molar-refractivity contribution in [1.82, 2.24) is 9.97 Å². The van der Waals surface area contributed by atoms with Gasteiger partial charge in [0.15, 0.2) is 3.95 Å². The molecule has 0 radical (unpaired) electrons. The Kier molecular flexibility index (Phi) is 4.48. The van der Waals surface area contributed by atoms with Crippen LogP contribution in [0.1, 0.15) is 5.56 Å². The Labute approximate surface area is 148 Å². The van der Waals surface area contributed by atoms with E-state index in [-0.39, 0.29) is 5.75 Å². The lowest BCUT2D eigenvalue weighted by atomic mass is 10.2. The lowest BCUT2D eigenvalue weighted by Gasteiger charge is -2.16. The fraction of sp³-hybridized carbons (Fsp3) is 0.133. The predicted molar refractivity (Wildman–Crippen MR) is 90.7 cm³/mol. The van der Waals surface area contributed by atoms with Crippen molar-refractivity contribution in [2.24, 2.45) is 0 Å². The van der Waals surface area contributed by atoms with Crippen LogP contribution < -0.4 is 9.64 Å². The zero-order valence-electron chi connectivity index (χ0n) is 12.6. The average molecular weight is 385 g/mol. The number of fused-ring (bicyclic) bond motifs is 1. The number of aromatic amines is 1. The molecule has 1 N–H and O–H groups in total. The molecule has 1 aromatic carbocycles. The second-order valence-corrected chi connectivity index (χ2v) is 6.65. The van der Waals surface area contributed by atoms with Crippen LogP contribution in [0.2, 0.25) is 0 Å². The van der Waals surface area contributed by atoms with Crippen LogP contribution in [0.5, 0.6) is 5.75 Å². The molecule has 0 saturated heterocycles. The van der Waals surface area contributed by atoms with E-state index >= 15 is 0 Å². The lowest BCUT2D eigenvalue weighted by Crippen LogP contribution is -2.30. The number of thiazole rings is 1. The fourth-order valence-corrected chi connectivity index (χ4v) is 3.04. The second kappa shape index (κ2) is 6.45. The molecule has 2 aromatic heterocycles. The maximum Gasteiger partial charge on any atom is 0.420 e. The number of halogens is 3. The number of H-pyrrole nitrogens is 1. The highest BCUT2D eigenvalue weighted by atomic mass is 32.1. The molecule has 5 nitrogen and oxygen atoms in total. The van der Waals surface area contributed by atoms with Gasteiger partial charge in [0.1, 0.15) is 16.4 Å². The van der Waals surface area contributed by atoms with E-state index in [9.17, 15) is 18.0 Å². The molecule has 2 heterocycles. The van der Waals surface area contributed by atoms with Crippen molar-refractivity contribution < 1.29 is 22.7 Å². The van der Waals surface area contributed by atoms with Gasteiger partial charge in [0, 0.05) is 7.05 Å². The van der Waals surface area contributed by atoms with E-state index < -0.39 is 17.8 Å². The monoisotopic (exact) mass is 385 g/mol. The van der Waals surface area contributed by atoms with Gasteiger partial charge < -0.3 is 9.72 Å². The minimum Gasteiger partial charge on any atom is -0.410 e. The Morgan fingerprint density at radius 3 is 2.56 bits per heavy atom. The van der Waals surface area contributed by atoms with Gasteiger partial charge in [-0.3, -0.25) is 4.90 Å². The van der Waals surface area contributed by atoms with Gasteiger partial charge in [0.05, 0.1) is 11.1 Å². The van der Waals surface area contributed by atoms with Crippen molar-refractivity contribution in [2.45, 2.75) is 6.18 Å². The molecule has 0 aliphatic rings. The number of carbonyl (C=O) groups is 1. The molecule has 0 aliphatic carbocycles. The van der Waals surface area contributed by atoms with Crippen molar-refractivity contribution in [3.63, 3.8) is 0 Å². The van der Waals surface area contributed by atoms with Crippen LogP contribution in [-0.2, 0) is 6.18 Å². The van der Waals surface area contributed by atoms with Gasteiger partial charge in [0.25, 0.3) is 0 Å². The van der Waals surface area contributed by atoms with E-state index in [4.69, 9.17) is 17.0 Å². The number of amides is 1. The molecule has 0 bridgehead atoms. The van der Waals surface area contributed by atoms with Crippen molar-refractivity contribution in [2.75, 3.05) is 11.9 Å². The van der Waals surface area contributed by atoms with Crippen LogP contribution in [-0.4, -0.2) is 23.1 Å². The number of alkyl halides is 3. The summed E-state index contributed by atoms with van der Waals surface area (Å²) in [6.45, 7) is 0. The molecule has 0 unspecified atom stereocenters. The molecule has 3 aromatic rings. The Balaban J connectivity index is 1.76.